The van der Waals surface area contributed by atoms with E-state index in [1.54, 1.807) is 0 Å². The van der Waals surface area contributed by atoms with Gasteiger partial charge in [-0.2, -0.15) is 0 Å². The van der Waals surface area contributed by atoms with Crippen LogP contribution in [0.5, 0.6) is 0 Å². The van der Waals surface area contributed by atoms with E-state index in [4.69, 9.17) is 4.74 Å². The summed E-state index contributed by atoms with van der Waals surface area (Å²) in [6.07, 6.45) is 2.32. The summed E-state index contributed by atoms with van der Waals surface area (Å²) in [7, 11) is 3.60. The molecule has 0 amide bonds. The van der Waals surface area contributed by atoms with Crippen LogP contribution in [0.15, 0.2) is 0 Å². The van der Waals surface area contributed by atoms with Crippen molar-refractivity contribution in [2.24, 2.45) is 5.92 Å². The van der Waals surface area contributed by atoms with E-state index in [9.17, 15) is 4.79 Å². The van der Waals surface area contributed by atoms with E-state index in [0.29, 0.717) is 6.04 Å². The Morgan fingerprint density at radius 1 is 1.38 bits per heavy atom. The van der Waals surface area contributed by atoms with E-state index in [1.165, 1.54) is 7.11 Å². The van der Waals surface area contributed by atoms with E-state index in [-0.39, 0.29) is 17.9 Å². The minimum Gasteiger partial charge on any atom is -0.469 e. The number of carbonyl (C=O) groups excluding carboxylic acids is 1. The quantitative estimate of drug-likeness (QED) is 0.725. The van der Waals surface area contributed by atoms with Crippen molar-refractivity contribution < 1.29 is 9.53 Å². The Hall–Kier alpha value is -0.610. The summed E-state index contributed by atoms with van der Waals surface area (Å²) in [4.78, 5) is 13.7. The molecular weight excluding hydrogens is 204 g/mol. The molecule has 0 aromatic carbocycles. The fourth-order valence-electron chi connectivity index (χ4n) is 2.08. The predicted molar refractivity (Wildman–Crippen MR) is 64.3 cm³/mol. The standard InChI is InChI=1S/C12H24N2O2/c1-9(12(15)16-4)10(2)13-11-5-7-14(3)8-6-11/h9-11,13H,5-8H2,1-4H3. The molecule has 1 rings (SSSR count). The molecule has 0 saturated carbocycles. The van der Waals surface area contributed by atoms with Crippen LogP contribution in [0.3, 0.4) is 0 Å². The highest BCUT2D eigenvalue weighted by molar-refractivity contribution is 5.72. The Morgan fingerprint density at radius 3 is 2.44 bits per heavy atom. The van der Waals surface area contributed by atoms with Crippen LogP contribution in [0.1, 0.15) is 26.7 Å². The second kappa shape index (κ2) is 6.21. The van der Waals surface area contributed by atoms with Gasteiger partial charge in [-0.3, -0.25) is 4.79 Å². The van der Waals surface area contributed by atoms with Gasteiger partial charge in [0.1, 0.15) is 0 Å². The van der Waals surface area contributed by atoms with Crippen molar-refractivity contribution in [1.82, 2.24) is 10.2 Å². The monoisotopic (exact) mass is 228 g/mol. The summed E-state index contributed by atoms with van der Waals surface area (Å²) in [5, 5.41) is 3.53. The average Bonchev–Trinajstić information content (AvgIpc) is 2.30. The zero-order chi connectivity index (χ0) is 12.1. The third kappa shape index (κ3) is 3.76. The van der Waals surface area contributed by atoms with Crippen molar-refractivity contribution in [2.45, 2.75) is 38.8 Å². The van der Waals surface area contributed by atoms with Gasteiger partial charge in [-0.25, -0.2) is 0 Å². The van der Waals surface area contributed by atoms with Crippen molar-refractivity contribution in [2.75, 3.05) is 27.2 Å². The lowest BCUT2D eigenvalue weighted by atomic mass is 9.99. The van der Waals surface area contributed by atoms with E-state index >= 15 is 0 Å². The lowest BCUT2D eigenvalue weighted by Crippen LogP contribution is -2.47. The smallest absolute Gasteiger partial charge is 0.309 e. The molecule has 0 radical (unpaired) electrons. The molecule has 2 atom stereocenters. The highest BCUT2D eigenvalue weighted by atomic mass is 16.5. The average molecular weight is 228 g/mol. The molecule has 0 aliphatic carbocycles. The Morgan fingerprint density at radius 2 is 1.94 bits per heavy atom. The van der Waals surface area contributed by atoms with Crippen molar-refractivity contribution in [3.05, 3.63) is 0 Å². The SMILES string of the molecule is COC(=O)C(C)C(C)NC1CCN(C)CC1. The molecule has 0 spiro atoms. The van der Waals surface area contributed by atoms with Gasteiger partial charge in [-0.1, -0.05) is 6.92 Å². The molecule has 4 heteroatoms. The first kappa shape index (κ1) is 13.5. The number of likely N-dealkylation sites (tertiary alicyclic amines) is 1. The van der Waals surface area contributed by atoms with Crippen LogP contribution in [0.25, 0.3) is 0 Å². The van der Waals surface area contributed by atoms with E-state index in [1.807, 2.05) is 6.92 Å². The van der Waals surface area contributed by atoms with Gasteiger partial charge in [-0.05, 0) is 39.9 Å². The number of rotatable bonds is 4. The second-order valence-corrected chi connectivity index (χ2v) is 4.84. The third-order valence-electron chi connectivity index (χ3n) is 3.54. The minimum atomic E-state index is -0.132. The third-order valence-corrected chi connectivity index (χ3v) is 3.54. The van der Waals surface area contributed by atoms with Crippen molar-refractivity contribution >= 4 is 5.97 Å². The van der Waals surface area contributed by atoms with Crippen LogP contribution in [0, 0.1) is 5.92 Å². The van der Waals surface area contributed by atoms with Crippen LogP contribution in [-0.2, 0) is 9.53 Å². The van der Waals surface area contributed by atoms with E-state index < -0.39 is 0 Å². The Bertz CT molecular complexity index is 225. The molecule has 94 valence electrons. The van der Waals surface area contributed by atoms with Gasteiger partial charge in [-0.15, -0.1) is 0 Å². The molecule has 1 N–H and O–H groups in total. The van der Waals surface area contributed by atoms with Gasteiger partial charge in [0.15, 0.2) is 0 Å². The first-order valence-corrected chi connectivity index (χ1v) is 6.07. The lowest BCUT2D eigenvalue weighted by Gasteiger charge is -2.32. The van der Waals surface area contributed by atoms with Gasteiger partial charge in [0.2, 0.25) is 0 Å². The van der Waals surface area contributed by atoms with Crippen molar-refractivity contribution in [3.63, 3.8) is 0 Å². The molecule has 1 fully saturated rings. The zero-order valence-corrected chi connectivity index (χ0v) is 10.8. The molecule has 1 aliphatic heterocycles. The highest BCUT2D eigenvalue weighted by Crippen LogP contribution is 2.12. The normalized spacial score (nSPS) is 22.8. The first-order chi connectivity index (χ1) is 7.54. The van der Waals surface area contributed by atoms with Gasteiger partial charge in [0.05, 0.1) is 13.0 Å². The Labute approximate surface area is 98.3 Å². The fourth-order valence-corrected chi connectivity index (χ4v) is 2.08. The minimum absolute atomic E-state index is 0.0790. The molecule has 0 bridgehead atoms. The van der Waals surface area contributed by atoms with Crippen LogP contribution in [0.4, 0.5) is 0 Å². The number of hydrogen-bond donors (Lipinski definition) is 1. The number of piperidine rings is 1. The summed E-state index contributed by atoms with van der Waals surface area (Å²) >= 11 is 0. The summed E-state index contributed by atoms with van der Waals surface area (Å²) in [6.45, 7) is 6.24. The maximum Gasteiger partial charge on any atom is 0.309 e. The van der Waals surface area contributed by atoms with Crippen LogP contribution < -0.4 is 5.32 Å². The van der Waals surface area contributed by atoms with E-state index in [2.05, 4.69) is 24.2 Å². The van der Waals surface area contributed by atoms with Crippen LogP contribution in [0.2, 0.25) is 0 Å². The molecular formula is C12H24N2O2. The molecule has 1 heterocycles. The van der Waals surface area contributed by atoms with Gasteiger partial charge in [0, 0.05) is 12.1 Å². The van der Waals surface area contributed by atoms with Gasteiger partial charge < -0.3 is 15.0 Å². The van der Waals surface area contributed by atoms with E-state index in [0.717, 1.165) is 25.9 Å². The summed E-state index contributed by atoms with van der Waals surface area (Å²) in [5.41, 5.74) is 0. The number of ether oxygens (including phenoxy) is 1. The van der Waals surface area contributed by atoms with Gasteiger partial charge in [0.25, 0.3) is 0 Å². The molecule has 1 saturated heterocycles. The second-order valence-electron chi connectivity index (χ2n) is 4.84. The highest BCUT2D eigenvalue weighted by Gasteiger charge is 2.24. The molecule has 4 nitrogen and oxygen atoms in total. The number of nitrogens with one attached hydrogen (secondary N) is 1. The first-order valence-electron chi connectivity index (χ1n) is 6.07. The summed E-state index contributed by atoms with van der Waals surface area (Å²) < 4.78 is 4.75. The molecule has 2 unspecified atom stereocenters. The largest absolute Gasteiger partial charge is 0.469 e. The molecule has 0 aromatic heterocycles. The maximum atomic E-state index is 11.4. The number of methoxy groups -OCH3 is 1. The fraction of sp³-hybridized carbons (Fsp3) is 0.917. The number of esters is 1. The van der Waals surface area contributed by atoms with Crippen LogP contribution in [-0.4, -0.2) is 50.2 Å². The lowest BCUT2D eigenvalue weighted by molar-refractivity contribution is -0.145. The van der Waals surface area contributed by atoms with Crippen molar-refractivity contribution in [1.29, 1.82) is 0 Å². The van der Waals surface area contributed by atoms with Crippen molar-refractivity contribution in [3.8, 4) is 0 Å². The maximum absolute atomic E-state index is 11.4. The molecule has 1 aliphatic rings. The Kier molecular flexibility index (Phi) is 5.22. The molecule has 0 aromatic rings. The topological polar surface area (TPSA) is 41.6 Å². The Balaban J connectivity index is 2.33. The predicted octanol–water partition coefficient (Wildman–Crippen LogP) is 0.868. The zero-order valence-electron chi connectivity index (χ0n) is 10.8. The number of carbonyl (C=O) groups is 1. The number of nitrogens with zero attached hydrogens (tertiary/aromatic N) is 1. The summed E-state index contributed by atoms with van der Waals surface area (Å²) in [6, 6.07) is 0.721. The summed E-state index contributed by atoms with van der Waals surface area (Å²) in [5.74, 6) is -0.211. The van der Waals surface area contributed by atoms with Crippen LogP contribution >= 0.6 is 0 Å². The number of hydrogen-bond acceptors (Lipinski definition) is 4. The molecule has 16 heavy (non-hydrogen) atoms. The van der Waals surface area contributed by atoms with Gasteiger partial charge >= 0.3 is 5.97 Å².